The number of carbonyl (C=O) groups excluding carboxylic acids is 2. The third-order valence-electron chi connectivity index (χ3n) is 3.39. The first-order chi connectivity index (χ1) is 12.0. The van der Waals surface area contributed by atoms with E-state index in [1.807, 2.05) is 6.07 Å². The zero-order chi connectivity index (χ0) is 18.2. The molecule has 2 N–H and O–H groups in total. The van der Waals surface area contributed by atoms with Crippen LogP contribution in [0.3, 0.4) is 0 Å². The summed E-state index contributed by atoms with van der Waals surface area (Å²) >= 11 is 5.98. The Morgan fingerprint density at radius 1 is 1.20 bits per heavy atom. The SMILES string of the molecule is CN(CC(=O)Nc1ccccc1Cl)C(=O)CNc1cccc(C#N)c1. The van der Waals surface area contributed by atoms with Crippen LogP contribution >= 0.6 is 11.6 Å². The molecular weight excluding hydrogens is 340 g/mol. The largest absolute Gasteiger partial charge is 0.376 e. The number of nitrogens with zero attached hydrogens (tertiary/aromatic N) is 2. The van der Waals surface area contributed by atoms with Crippen molar-refractivity contribution in [1.82, 2.24) is 4.90 Å². The minimum atomic E-state index is -0.338. The monoisotopic (exact) mass is 356 g/mol. The topological polar surface area (TPSA) is 85.2 Å². The van der Waals surface area contributed by atoms with Gasteiger partial charge in [0.25, 0.3) is 0 Å². The van der Waals surface area contributed by atoms with Crippen molar-refractivity contribution in [2.45, 2.75) is 0 Å². The maximum absolute atomic E-state index is 12.1. The molecule has 0 fully saturated rings. The lowest BCUT2D eigenvalue weighted by atomic mass is 10.2. The molecule has 25 heavy (non-hydrogen) atoms. The van der Waals surface area contributed by atoms with Crippen molar-refractivity contribution in [3.05, 3.63) is 59.1 Å². The zero-order valence-corrected chi connectivity index (χ0v) is 14.4. The maximum Gasteiger partial charge on any atom is 0.244 e. The number of nitriles is 1. The van der Waals surface area contributed by atoms with E-state index in [1.54, 1.807) is 55.6 Å². The van der Waals surface area contributed by atoms with Crippen LogP contribution in [0.2, 0.25) is 5.02 Å². The van der Waals surface area contributed by atoms with Crippen molar-refractivity contribution in [1.29, 1.82) is 5.26 Å². The van der Waals surface area contributed by atoms with Gasteiger partial charge in [0.1, 0.15) is 0 Å². The molecule has 0 atom stereocenters. The first-order valence-corrected chi connectivity index (χ1v) is 7.90. The molecule has 6 nitrogen and oxygen atoms in total. The number of carbonyl (C=O) groups is 2. The van der Waals surface area contributed by atoms with E-state index in [-0.39, 0.29) is 24.9 Å². The van der Waals surface area contributed by atoms with E-state index in [2.05, 4.69) is 10.6 Å². The summed E-state index contributed by atoms with van der Waals surface area (Å²) in [6.07, 6.45) is 0. The molecule has 2 rings (SSSR count). The number of rotatable bonds is 6. The molecule has 0 spiro atoms. The van der Waals surface area contributed by atoms with Crippen LogP contribution in [0.1, 0.15) is 5.56 Å². The summed E-state index contributed by atoms with van der Waals surface area (Å²) in [6, 6.07) is 15.7. The Morgan fingerprint density at radius 3 is 2.68 bits per heavy atom. The molecule has 0 aliphatic rings. The summed E-state index contributed by atoms with van der Waals surface area (Å²) < 4.78 is 0. The van der Waals surface area contributed by atoms with E-state index in [0.29, 0.717) is 22.0 Å². The number of likely N-dealkylation sites (N-methyl/N-ethyl adjacent to an activating group) is 1. The van der Waals surface area contributed by atoms with E-state index in [1.165, 1.54) is 4.90 Å². The Labute approximate surface area is 151 Å². The van der Waals surface area contributed by atoms with Gasteiger partial charge in [-0.25, -0.2) is 0 Å². The molecule has 0 saturated carbocycles. The van der Waals surface area contributed by atoms with Crippen LogP contribution < -0.4 is 10.6 Å². The van der Waals surface area contributed by atoms with Gasteiger partial charge in [0, 0.05) is 12.7 Å². The van der Waals surface area contributed by atoms with Crippen LogP contribution in [0.5, 0.6) is 0 Å². The normalized spacial score (nSPS) is 9.80. The minimum Gasteiger partial charge on any atom is -0.376 e. The predicted octanol–water partition coefficient (Wildman–Crippen LogP) is 2.72. The van der Waals surface area contributed by atoms with E-state index in [9.17, 15) is 9.59 Å². The Kier molecular flexibility index (Phi) is 6.38. The van der Waals surface area contributed by atoms with Gasteiger partial charge in [-0.05, 0) is 30.3 Å². The van der Waals surface area contributed by atoms with E-state index < -0.39 is 0 Å². The van der Waals surface area contributed by atoms with Gasteiger partial charge in [0.15, 0.2) is 0 Å². The highest BCUT2D eigenvalue weighted by Gasteiger charge is 2.13. The smallest absolute Gasteiger partial charge is 0.244 e. The van der Waals surface area contributed by atoms with Gasteiger partial charge in [-0.3, -0.25) is 9.59 Å². The van der Waals surface area contributed by atoms with E-state index in [4.69, 9.17) is 16.9 Å². The summed E-state index contributed by atoms with van der Waals surface area (Å²) in [7, 11) is 1.54. The number of anilines is 2. The summed E-state index contributed by atoms with van der Waals surface area (Å²) in [5.41, 5.74) is 1.67. The lowest BCUT2D eigenvalue weighted by Gasteiger charge is -2.18. The fraction of sp³-hybridized carbons (Fsp3) is 0.167. The second-order valence-corrected chi connectivity index (χ2v) is 5.73. The van der Waals surface area contributed by atoms with E-state index >= 15 is 0 Å². The lowest BCUT2D eigenvalue weighted by molar-refractivity contribution is -0.131. The molecule has 0 aliphatic carbocycles. The molecule has 0 unspecified atom stereocenters. The first kappa shape index (κ1) is 18.3. The highest BCUT2D eigenvalue weighted by molar-refractivity contribution is 6.33. The van der Waals surface area contributed by atoms with Crippen LogP contribution in [-0.4, -0.2) is 36.9 Å². The molecule has 0 bridgehead atoms. The molecule has 0 heterocycles. The van der Waals surface area contributed by atoms with Crippen molar-refractivity contribution in [3.8, 4) is 6.07 Å². The summed E-state index contributed by atoms with van der Waals surface area (Å²) in [5, 5.41) is 14.9. The third-order valence-corrected chi connectivity index (χ3v) is 3.72. The van der Waals surface area contributed by atoms with Gasteiger partial charge in [-0.2, -0.15) is 5.26 Å². The number of amides is 2. The average Bonchev–Trinajstić information content (AvgIpc) is 2.61. The van der Waals surface area contributed by atoms with Crippen molar-refractivity contribution in [3.63, 3.8) is 0 Å². The molecule has 2 aromatic carbocycles. The van der Waals surface area contributed by atoms with Crippen LogP contribution in [0.4, 0.5) is 11.4 Å². The number of benzene rings is 2. The fourth-order valence-corrected chi connectivity index (χ4v) is 2.25. The second-order valence-electron chi connectivity index (χ2n) is 5.32. The van der Waals surface area contributed by atoms with Gasteiger partial charge < -0.3 is 15.5 Å². The second kappa shape index (κ2) is 8.71. The highest BCUT2D eigenvalue weighted by atomic mass is 35.5. The van der Waals surface area contributed by atoms with Crippen molar-refractivity contribution >= 4 is 34.8 Å². The average molecular weight is 357 g/mol. The molecule has 2 aromatic rings. The summed E-state index contributed by atoms with van der Waals surface area (Å²) in [4.78, 5) is 25.4. The quantitative estimate of drug-likeness (QED) is 0.833. The lowest BCUT2D eigenvalue weighted by Crippen LogP contribution is -2.38. The third kappa shape index (κ3) is 5.52. The van der Waals surface area contributed by atoms with Crippen LogP contribution in [-0.2, 0) is 9.59 Å². The van der Waals surface area contributed by atoms with Crippen molar-refractivity contribution < 1.29 is 9.59 Å². The molecule has 128 valence electrons. The molecule has 2 amide bonds. The van der Waals surface area contributed by atoms with Crippen molar-refractivity contribution in [2.75, 3.05) is 30.8 Å². The molecular formula is C18H17ClN4O2. The Hall–Kier alpha value is -3.04. The highest BCUT2D eigenvalue weighted by Crippen LogP contribution is 2.20. The van der Waals surface area contributed by atoms with E-state index in [0.717, 1.165) is 0 Å². The Bertz CT molecular complexity index is 817. The number of hydrogen-bond acceptors (Lipinski definition) is 4. The van der Waals surface area contributed by atoms with Gasteiger partial charge in [0.2, 0.25) is 11.8 Å². The number of para-hydroxylation sites is 1. The number of halogens is 1. The molecule has 7 heteroatoms. The standard InChI is InChI=1S/C18H17ClN4O2/c1-23(12-17(24)22-16-8-3-2-7-15(16)19)18(25)11-21-14-6-4-5-13(9-14)10-20/h2-9,21H,11-12H2,1H3,(H,22,24). The van der Waals surface area contributed by atoms with Crippen molar-refractivity contribution in [2.24, 2.45) is 0 Å². The molecule has 0 radical (unpaired) electrons. The van der Waals surface area contributed by atoms with Crippen LogP contribution in [0, 0.1) is 11.3 Å². The summed E-state index contributed by atoms with van der Waals surface area (Å²) in [6.45, 7) is -0.0747. The molecule has 0 aromatic heterocycles. The predicted molar refractivity (Wildman–Crippen MR) is 97.4 cm³/mol. The zero-order valence-electron chi connectivity index (χ0n) is 13.6. The van der Waals surface area contributed by atoms with Gasteiger partial charge in [0.05, 0.1) is 35.4 Å². The Morgan fingerprint density at radius 2 is 1.96 bits per heavy atom. The maximum atomic E-state index is 12.1. The summed E-state index contributed by atoms with van der Waals surface area (Å²) in [5.74, 6) is -0.591. The van der Waals surface area contributed by atoms with Crippen LogP contribution in [0.15, 0.2) is 48.5 Å². The van der Waals surface area contributed by atoms with Gasteiger partial charge in [-0.1, -0.05) is 29.8 Å². The number of hydrogen-bond donors (Lipinski definition) is 2. The van der Waals surface area contributed by atoms with Gasteiger partial charge in [-0.15, -0.1) is 0 Å². The Balaban J connectivity index is 1.84. The minimum absolute atomic E-state index is 0.0186. The van der Waals surface area contributed by atoms with Gasteiger partial charge >= 0.3 is 0 Å². The molecule has 0 aliphatic heterocycles. The van der Waals surface area contributed by atoms with Crippen LogP contribution in [0.25, 0.3) is 0 Å². The first-order valence-electron chi connectivity index (χ1n) is 7.52. The fourth-order valence-electron chi connectivity index (χ4n) is 2.07. The number of nitrogens with one attached hydrogen (secondary N) is 2. The molecule has 0 saturated heterocycles.